The molecule has 1 aliphatic heterocycles. The van der Waals surface area contributed by atoms with Crippen molar-refractivity contribution in [2.75, 3.05) is 0 Å². The Balaban J connectivity index is 2.57. The molecule has 30 valence electrons. The fourth-order valence-electron chi connectivity index (χ4n) is 0.144. The van der Waals surface area contributed by atoms with Crippen molar-refractivity contribution in [1.82, 2.24) is 0 Å². The topological polar surface area (TPSA) is 54.1 Å². The van der Waals surface area contributed by atoms with Crippen molar-refractivity contribution in [2.45, 2.75) is 0 Å². The van der Waals surface area contributed by atoms with Crippen LogP contribution in [0.3, 0.4) is 0 Å². The van der Waals surface area contributed by atoms with E-state index in [1.165, 1.54) is 0 Å². The SMILES string of the molecule is O=CC1=NN=N1. The molecule has 0 unspecified atom stereocenters. The molecular weight excluding hydrogens is 82.0 g/mol. The number of carbonyl (C=O) groups is 1. The lowest BCUT2D eigenvalue weighted by molar-refractivity contribution is -0.102. The molecule has 0 aromatic carbocycles. The fourth-order valence-corrected chi connectivity index (χ4v) is 0.144. The predicted molar refractivity (Wildman–Crippen MR) is 18.4 cm³/mol. The second-order valence-electron chi connectivity index (χ2n) is 0.765. The van der Waals surface area contributed by atoms with Gasteiger partial charge in [0.1, 0.15) is 0 Å². The maximum absolute atomic E-state index is 9.50. The van der Waals surface area contributed by atoms with Crippen molar-refractivity contribution in [2.24, 2.45) is 15.4 Å². The van der Waals surface area contributed by atoms with E-state index in [0.29, 0.717) is 6.29 Å². The minimum Gasteiger partial charge on any atom is -0.294 e. The highest BCUT2D eigenvalue weighted by atomic mass is 16.1. The highest BCUT2D eigenvalue weighted by molar-refractivity contribution is 6.28. The normalized spacial score (nSPS) is 15.7. The van der Waals surface area contributed by atoms with Crippen molar-refractivity contribution in [3.8, 4) is 0 Å². The van der Waals surface area contributed by atoms with Gasteiger partial charge in [-0.05, 0) is 5.22 Å². The maximum Gasteiger partial charge on any atom is 0.239 e. The smallest absolute Gasteiger partial charge is 0.239 e. The minimum atomic E-state index is 0.176. The zero-order chi connectivity index (χ0) is 4.41. The van der Waals surface area contributed by atoms with E-state index >= 15 is 0 Å². The molecule has 0 spiro atoms. The monoisotopic (exact) mass is 83.0 g/mol. The number of aldehydes is 1. The van der Waals surface area contributed by atoms with Crippen molar-refractivity contribution >= 4 is 12.1 Å². The van der Waals surface area contributed by atoms with Crippen molar-refractivity contribution in [1.29, 1.82) is 0 Å². The van der Waals surface area contributed by atoms with E-state index in [2.05, 4.69) is 15.4 Å². The van der Waals surface area contributed by atoms with Gasteiger partial charge in [-0.1, -0.05) is 0 Å². The van der Waals surface area contributed by atoms with Crippen LogP contribution in [0.25, 0.3) is 0 Å². The summed E-state index contributed by atoms with van der Waals surface area (Å²) in [6.45, 7) is 0. The van der Waals surface area contributed by atoms with Gasteiger partial charge in [0.25, 0.3) is 0 Å². The largest absolute Gasteiger partial charge is 0.294 e. The molecule has 0 aromatic heterocycles. The van der Waals surface area contributed by atoms with Crippen LogP contribution in [0.2, 0.25) is 0 Å². The van der Waals surface area contributed by atoms with Gasteiger partial charge in [-0.15, -0.1) is 10.2 Å². The summed E-state index contributed by atoms with van der Waals surface area (Å²) in [4.78, 5) is 9.50. The van der Waals surface area contributed by atoms with E-state index in [9.17, 15) is 4.79 Å². The molecule has 0 saturated carbocycles. The summed E-state index contributed by atoms with van der Waals surface area (Å²) in [6, 6.07) is 0. The molecule has 4 nitrogen and oxygen atoms in total. The van der Waals surface area contributed by atoms with Gasteiger partial charge < -0.3 is 0 Å². The summed E-state index contributed by atoms with van der Waals surface area (Å²) >= 11 is 0. The van der Waals surface area contributed by atoms with Gasteiger partial charge in [0.05, 0.1) is 0 Å². The third-order valence-electron chi connectivity index (χ3n) is 0.400. The van der Waals surface area contributed by atoms with Crippen LogP contribution in [0.5, 0.6) is 0 Å². The number of hydrogen-bond acceptors (Lipinski definition) is 4. The number of amidine groups is 1. The van der Waals surface area contributed by atoms with Crippen LogP contribution in [-0.2, 0) is 4.79 Å². The highest BCUT2D eigenvalue weighted by Gasteiger charge is 1.97. The Morgan fingerprint density at radius 3 is 2.33 bits per heavy atom. The van der Waals surface area contributed by atoms with Crippen LogP contribution >= 0.6 is 0 Å². The van der Waals surface area contributed by atoms with Crippen LogP contribution in [0, 0.1) is 0 Å². The van der Waals surface area contributed by atoms with Crippen LogP contribution in [0.15, 0.2) is 15.4 Å². The Morgan fingerprint density at radius 2 is 2.33 bits per heavy atom. The summed E-state index contributed by atoms with van der Waals surface area (Å²) in [6.07, 6.45) is 0.549. The average molecular weight is 83.0 g/mol. The van der Waals surface area contributed by atoms with Gasteiger partial charge in [0.2, 0.25) is 5.84 Å². The number of carbonyl (C=O) groups excluding carboxylic acids is 1. The van der Waals surface area contributed by atoms with Crippen molar-refractivity contribution in [3.05, 3.63) is 0 Å². The number of rotatable bonds is 1. The first-order chi connectivity index (χ1) is 2.93. The average Bonchev–Trinajstić information content (AvgIpc) is 1.31. The van der Waals surface area contributed by atoms with E-state index in [0.717, 1.165) is 0 Å². The number of nitrogens with zero attached hydrogens (tertiary/aromatic N) is 3. The van der Waals surface area contributed by atoms with Crippen LogP contribution < -0.4 is 0 Å². The summed E-state index contributed by atoms with van der Waals surface area (Å²) < 4.78 is 0. The Labute approximate surface area is 33.6 Å². The fraction of sp³-hybridized carbons (Fsp3) is 0. The molecule has 6 heavy (non-hydrogen) atoms. The lowest BCUT2D eigenvalue weighted by Gasteiger charge is -1.86. The Kier molecular flexibility index (Phi) is 0.506. The lowest BCUT2D eigenvalue weighted by atomic mass is 10.7. The Hall–Kier alpha value is -1.06. The second kappa shape index (κ2) is 0.965. The maximum atomic E-state index is 9.50. The molecule has 0 amide bonds. The van der Waals surface area contributed by atoms with E-state index in [1.54, 1.807) is 0 Å². The molecule has 0 aromatic rings. The lowest BCUT2D eigenvalue weighted by Crippen LogP contribution is -1.97. The molecule has 0 radical (unpaired) electrons. The number of hydrogen-bond donors (Lipinski definition) is 0. The molecule has 0 N–H and O–H groups in total. The molecule has 4 heteroatoms. The summed E-state index contributed by atoms with van der Waals surface area (Å²) in [7, 11) is 0. The highest BCUT2D eigenvalue weighted by Crippen LogP contribution is 1.91. The molecule has 0 bridgehead atoms. The molecular formula is C2HN3O. The summed E-state index contributed by atoms with van der Waals surface area (Å²) in [5, 5.41) is 9.44. The quantitative estimate of drug-likeness (QED) is 0.410. The van der Waals surface area contributed by atoms with Gasteiger partial charge in [0, 0.05) is 0 Å². The van der Waals surface area contributed by atoms with Gasteiger partial charge in [-0.3, -0.25) is 4.79 Å². The molecule has 1 aliphatic rings. The van der Waals surface area contributed by atoms with Gasteiger partial charge in [-0.2, -0.15) is 0 Å². The van der Waals surface area contributed by atoms with Crippen LogP contribution in [-0.4, -0.2) is 12.1 Å². The van der Waals surface area contributed by atoms with E-state index in [4.69, 9.17) is 0 Å². The first-order valence-corrected chi connectivity index (χ1v) is 1.37. The van der Waals surface area contributed by atoms with E-state index in [-0.39, 0.29) is 5.84 Å². The van der Waals surface area contributed by atoms with Gasteiger partial charge in [0.15, 0.2) is 6.29 Å². The zero-order valence-corrected chi connectivity index (χ0v) is 2.83. The summed E-state index contributed by atoms with van der Waals surface area (Å²) in [5.74, 6) is 0.176. The molecule has 0 fully saturated rings. The second-order valence-corrected chi connectivity index (χ2v) is 0.765. The van der Waals surface area contributed by atoms with Crippen LogP contribution in [0.4, 0.5) is 0 Å². The molecule has 0 atom stereocenters. The van der Waals surface area contributed by atoms with Crippen LogP contribution in [0.1, 0.15) is 0 Å². The van der Waals surface area contributed by atoms with Crippen molar-refractivity contribution < 1.29 is 4.79 Å². The first kappa shape index (κ1) is 3.14. The first-order valence-electron chi connectivity index (χ1n) is 1.37. The van der Waals surface area contributed by atoms with Gasteiger partial charge >= 0.3 is 0 Å². The predicted octanol–water partition coefficient (Wildman–Crippen LogP) is -0.0354. The van der Waals surface area contributed by atoms with Crippen molar-refractivity contribution in [3.63, 3.8) is 0 Å². The summed E-state index contributed by atoms with van der Waals surface area (Å²) in [5.41, 5.74) is 0. The third-order valence-corrected chi connectivity index (χ3v) is 0.400. The van der Waals surface area contributed by atoms with Gasteiger partial charge in [-0.25, -0.2) is 0 Å². The molecule has 1 heterocycles. The third kappa shape index (κ3) is 0.230. The minimum absolute atomic E-state index is 0.176. The molecule has 1 rings (SSSR count). The van der Waals surface area contributed by atoms with E-state index < -0.39 is 0 Å². The Morgan fingerprint density at radius 1 is 1.67 bits per heavy atom. The van der Waals surface area contributed by atoms with E-state index in [1.807, 2.05) is 0 Å². The Bertz CT molecular complexity index is 121. The standard InChI is InChI=1S/C2HN3O/c6-1-2-3-5-4-2/h1H. The zero-order valence-electron chi connectivity index (χ0n) is 2.83. The molecule has 0 saturated heterocycles. The molecule has 0 aliphatic carbocycles.